The van der Waals surface area contributed by atoms with Gasteiger partial charge in [0, 0.05) is 26.8 Å². The number of hydrogen-bond acceptors (Lipinski definition) is 8. The molecule has 4 N–H and O–H groups in total. The van der Waals surface area contributed by atoms with Gasteiger partial charge < -0.3 is 30.4 Å². The number of aryl methyl sites for hydroxylation is 1. The molecule has 1 fully saturated rings. The lowest BCUT2D eigenvalue weighted by Crippen LogP contribution is -2.33. The van der Waals surface area contributed by atoms with Crippen LogP contribution in [0.3, 0.4) is 0 Å². The first-order valence-corrected chi connectivity index (χ1v) is 13.4. The summed E-state index contributed by atoms with van der Waals surface area (Å²) < 4.78 is 16.9. The number of nitrogens with two attached hydrogens (primary N) is 1. The number of dihydropyridines is 1. The molecule has 1 saturated carbocycles. The molecule has 8 heteroatoms. The van der Waals surface area contributed by atoms with Crippen molar-refractivity contribution in [1.29, 1.82) is 0 Å². The second-order valence-corrected chi connectivity index (χ2v) is 10.1. The van der Waals surface area contributed by atoms with E-state index < -0.39 is 6.10 Å². The van der Waals surface area contributed by atoms with E-state index in [1.54, 1.807) is 6.07 Å². The van der Waals surface area contributed by atoms with Crippen LogP contribution in [0.4, 0.5) is 0 Å². The Morgan fingerprint density at radius 2 is 1.76 bits per heavy atom. The Labute approximate surface area is 220 Å². The summed E-state index contributed by atoms with van der Waals surface area (Å²) in [6.07, 6.45) is 12.6. The van der Waals surface area contributed by atoms with Gasteiger partial charge >= 0.3 is 11.9 Å². The molecule has 1 aromatic rings. The third-order valence-electron chi connectivity index (χ3n) is 7.21. The van der Waals surface area contributed by atoms with E-state index in [9.17, 15) is 14.7 Å². The van der Waals surface area contributed by atoms with E-state index in [1.165, 1.54) is 40.2 Å². The van der Waals surface area contributed by atoms with Crippen LogP contribution < -0.4 is 15.8 Å². The predicted molar refractivity (Wildman–Crippen MR) is 143 cm³/mol. The van der Waals surface area contributed by atoms with E-state index in [2.05, 4.69) is 5.32 Å². The van der Waals surface area contributed by atoms with Crippen LogP contribution in [0, 0.1) is 5.92 Å². The van der Waals surface area contributed by atoms with Gasteiger partial charge in [0.2, 0.25) is 0 Å². The zero-order valence-electron chi connectivity index (χ0n) is 22.4. The van der Waals surface area contributed by atoms with Crippen molar-refractivity contribution < 1.29 is 28.9 Å². The topological polar surface area (TPSA) is 120 Å². The number of ether oxygens (including phenoxy) is 3. The van der Waals surface area contributed by atoms with Gasteiger partial charge in [-0.3, -0.25) is 9.59 Å². The summed E-state index contributed by atoms with van der Waals surface area (Å²) in [5.41, 5.74) is 8.69. The number of hydrogen-bond donors (Lipinski definition) is 3. The zero-order chi connectivity index (χ0) is 26.8. The molecule has 0 radical (unpaired) electrons. The highest BCUT2D eigenvalue weighted by atomic mass is 16.6. The average molecular weight is 515 g/mol. The van der Waals surface area contributed by atoms with Gasteiger partial charge in [0.15, 0.2) is 11.5 Å². The largest absolute Gasteiger partial charge is 0.504 e. The van der Waals surface area contributed by atoms with E-state index in [-0.39, 0.29) is 29.7 Å². The first-order chi connectivity index (χ1) is 17.8. The maximum Gasteiger partial charge on any atom is 0.302 e. The Kier molecular flexibility index (Phi) is 10.7. The van der Waals surface area contributed by atoms with Gasteiger partial charge in [-0.15, -0.1) is 0 Å². The van der Waals surface area contributed by atoms with Gasteiger partial charge in [0.05, 0.1) is 12.9 Å². The van der Waals surface area contributed by atoms with Gasteiger partial charge in [-0.2, -0.15) is 0 Å². The first-order valence-electron chi connectivity index (χ1n) is 13.4. The number of benzene rings is 1. The lowest BCUT2D eigenvalue weighted by atomic mass is 9.84. The molecule has 204 valence electrons. The molecule has 37 heavy (non-hydrogen) atoms. The summed E-state index contributed by atoms with van der Waals surface area (Å²) in [6, 6.07) is 3.51. The Balaban J connectivity index is 1.83. The summed E-state index contributed by atoms with van der Waals surface area (Å²) in [7, 11) is 1.51. The third-order valence-corrected chi connectivity index (χ3v) is 7.21. The first kappa shape index (κ1) is 28.4. The number of nitrogens with one attached hydrogen (secondary N) is 1. The fourth-order valence-corrected chi connectivity index (χ4v) is 5.44. The zero-order valence-corrected chi connectivity index (χ0v) is 22.4. The number of esters is 2. The summed E-state index contributed by atoms with van der Waals surface area (Å²) in [4.78, 5) is 24.0. The van der Waals surface area contributed by atoms with Crippen molar-refractivity contribution in [2.75, 3.05) is 13.7 Å². The molecule has 2 aliphatic rings. The van der Waals surface area contributed by atoms with Crippen LogP contribution >= 0.6 is 0 Å². The van der Waals surface area contributed by atoms with E-state index in [4.69, 9.17) is 19.9 Å². The summed E-state index contributed by atoms with van der Waals surface area (Å²) in [5.74, 6) is 0.579. The minimum Gasteiger partial charge on any atom is -0.504 e. The lowest BCUT2D eigenvalue weighted by molar-refractivity contribution is -0.156. The summed E-state index contributed by atoms with van der Waals surface area (Å²) >= 11 is 0. The summed E-state index contributed by atoms with van der Waals surface area (Å²) in [5, 5.41) is 13.5. The molecular weight excluding hydrogens is 472 g/mol. The fourth-order valence-electron chi connectivity index (χ4n) is 5.44. The maximum absolute atomic E-state index is 12.0. The molecule has 3 rings (SSSR count). The van der Waals surface area contributed by atoms with Crippen LogP contribution in [0.1, 0.15) is 82.8 Å². The Morgan fingerprint density at radius 3 is 2.38 bits per heavy atom. The third kappa shape index (κ3) is 8.72. The molecule has 2 atom stereocenters. The second-order valence-electron chi connectivity index (χ2n) is 10.1. The monoisotopic (exact) mass is 514 g/mol. The number of carbonyl (C=O) groups excluding carboxylic acids is 2. The van der Waals surface area contributed by atoms with Crippen LogP contribution in [0.25, 0.3) is 5.57 Å². The Hall–Kier alpha value is -3.16. The van der Waals surface area contributed by atoms with Gasteiger partial charge in [-0.25, -0.2) is 0 Å². The predicted octanol–water partition coefficient (Wildman–Crippen LogP) is 4.73. The van der Waals surface area contributed by atoms with E-state index in [0.29, 0.717) is 37.4 Å². The normalized spacial score (nSPS) is 18.2. The van der Waals surface area contributed by atoms with Crippen molar-refractivity contribution in [3.63, 3.8) is 0 Å². The van der Waals surface area contributed by atoms with Crippen molar-refractivity contribution in [3.05, 3.63) is 41.2 Å². The van der Waals surface area contributed by atoms with E-state index >= 15 is 0 Å². The second kappa shape index (κ2) is 14.0. The molecule has 0 aromatic heterocycles. The van der Waals surface area contributed by atoms with Crippen LogP contribution in [0.5, 0.6) is 11.5 Å². The Morgan fingerprint density at radius 1 is 1.08 bits per heavy atom. The molecule has 1 aromatic carbocycles. The van der Waals surface area contributed by atoms with Gasteiger partial charge in [-0.1, -0.05) is 38.2 Å². The van der Waals surface area contributed by atoms with Crippen molar-refractivity contribution in [2.24, 2.45) is 11.7 Å². The molecule has 0 bridgehead atoms. The van der Waals surface area contributed by atoms with Crippen LogP contribution in [-0.2, 0) is 25.5 Å². The Bertz CT molecular complexity index is 994. The number of phenols is 1. The summed E-state index contributed by atoms with van der Waals surface area (Å²) in [6.45, 7) is 3.44. The van der Waals surface area contributed by atoms with Crippen molar-refractivity contribution in [1.82, 2.24) is 5.32 Å². The molecule has 0 spiro atoms. The van der Waals surface area contributed by atoms with Crippen molar-refractivity contribution in [2.45, 2.75) is 90.3 Å². The lowest BCUT2D eigenvalue weighted by Gasteiger charge is -2.31. The molecule has 8 nitrogen and oxygen atoms in total. The van der Waals surface area contributed by atoms with Crippen molar-refractivity contribution in [3.8, 4) is 11.5 Å². The van der Waals surface area contributed by atoms with Gasteiger partial charge in [-0.05, 0) is 66.5 Å². The molecule has 0 amide bonds. The minimum atomic E-state index is -0.414. The van der Waals surface area contributed by atoms with Crippen molar-refractivity contribution >= 4 is 17.5 Å². The van der Waals surface area contributed by atoms with Crippen LogP contribution in [-0.4, -0.2) is 42.9 Å². The SMILES string of the molecule is COc1cc(CC[C@H](C[C@@H](OC(C)=O)C2CCCCCCC2)OC(C)=O)c(C2=CCNC(N)=C2)cc1O. The number of methoxy groups -OCH3 is 1. The standard InChI is InChI=1S/C29H42N2O6/c1-19(32)36-24(17-27(37-20(2)33)21-9-7-5-4-6-8-10-21)12-11-22-15-28(35-3)26(34)18-25(22)23-13-14-31-29(30)16-23/h13,15-16,18,21,24,27,31,34H,4-12,14,17,30H2,1-3H3/t24-,27-/m1/s1. The average Bonchev–Trinajstić information content (AvgIpc) is 2.81. The number of phenolic OH excluding ortho intramolecular Hbond substituents is 1. The van der Waals surface area contributed by atoms with E-state index in [0.717, 1.165) is 42.4 Å². The number of allylic oxidation sites excluding steroid dienone is 2. The fraction of sp³-hybridized carbons (Fsp3) is 0.586. The van der Waals surface area contributed by atoms with E-state index in [1.807, 2.05) is 18.2 Å². The smallest absolute Gasteiger partial charge is 0.302 e. The molecular formula is C29H42N2O6. The highest BCUT2D eigenvalue weighted by Crippen LogP contribution is 2.35. The minimum absolute atomic E-state index is 0.0448. The molecule has 1 aliphatic heterocycles. The molecule has 1 heterocycles. The number of rotatable bonds is 10. The molecule has 0 unspecified atom stereocenters. The van der Waals surface area contributed by atoms with Crippen LogP contribution in [0.2, 0.25) is 0 Å². The van der Waals surface area contributed by atoms with Gasteiger partial charge in [0.1, 0.15) is 12.2 Å². The quantitative estimate of drug-likeness (QED) is 0.383. The number of carbonyl (C=O) groups is 2. The highest BCUT2D eigenvalue weighted by molar-refractivity contribution is 5.79. The highest BCUT2D eigenvalue weighted by Gasteiger charge is 2.29. The number of aromatic hydroxyl groups is 1. The van der Waals surface area contributed by atoms with Gasteiger partial charge in [0.25, 0.3) is 0 Å². The molecule has 0 saturated heterocycles. The molecule has 1 aliphatic carbocycles. The maximum atomic E-state index is 12.0. The van der Waals surface area contributed by atoms with Crippen LogP contribution in [0.15, 0.2) is 30.1 Å².